The molecule has 1 fully saturated rings. The van der Waals surface area contributed by atoms with Crippen molar-refractivity contribution in [3.63, 3.8) is 0 Å². The second kappa shape index (κ2) is 3.87. The van der Waals surface area contributed by atoms with E-state index in [0.717, 1.165) is 19.4 Å². The van der Waals surface area contributed by atoms with Crippen molar-refractivity contribution in [3.05, 3.63) is 0 Å². The second-order valence-electron chi connectivity index (χ2n) is 3.05. The van der Waals surface area contributed by atoms with Gasteiger partial charge in [-0.1, -0.05) is 0 Å². The molecule has 1 saturated heterocycles. The van der Waals surface area contributed by atoms with Crippen LogP contribution in [0.4, 0.5) is 0 Å². The van der Waals surface area contributed by atoms with Crippen molar-refractivity contribution in [2.45, 2.75) is 32.1 Å². The van der Waals surface area contributed by atoms with Gasteiger partial charge in [0, 0.05) is 20.6 Å². The number of carbonyl (C=O) groups is 1. The van der Waals surface area contributed by atoms with Crippen LogP contribution in [0.1, 0.15) is 19.8 Å². The van der Waals surface area contributed by atoms with Crippen molar-refractivity contribution in [3.8, 4) is 0 Å². The van der Waals surface area contributed by atoms with E-state index in [-0.39, 0.29) is 11.9 Å². The van der Waals surface area contributed by atoms with Crippen LogP contribution in [0.5, 0.6) is 0 Å². The molecule has 1 N–H and O–H groups in total. The molecule has 0 aromatic carbocycles. The molecule has 2 atom stereocenters. The number of carbonyl (C=O) groups excluding carboxylic acids is 1. The van der Waals surface area contributed by atoms with E-state index >= 15 is 0 Å². The fourth-order valence-corrected chi connectivity index (χ4v) is 1.64. The molecule has 1 heterocycles. The van der Waals surface area contributed by atoms with Gasteiger partial charge in [0.05, 0.1) is 6.04 Å². The Balaban J connectivity index is 2.57. The van der Waals surface area contributed by atoms with Gasteiger partial charge < -0.3 is 14.7 Å². The summed E-state index contributed by atoms with van der Waals surface area (Å²) in [6, 6.07) is -0.146. The van der Waals surface area contributed by atoms with E-state index in [4.69, 9.17) is 4.74 Å². The Morgan fingerprint density at radius 2 is 2.42 bits per heavy atom. The number of methoxy groups -OCH3 is 1. The first-order chi connectivity index (χ1) is 5.66. The number of nitrogens with zero attached hydrogens (tertiary/aromatic N) is 1. The zero-order valence-corrected chi connectivity index (χ0v) is 7.49. The molecule has 70 valence electrons. The van der Waals surface area contributed by atoms with E-state index in [9.17, 15) is 9.90 Å². The van der Waals surface area contributed by atoms with Crippen LogP contribution < -0.4 is 0 Å². The standard InChI is InChI=1S/C8H15NO3/c1-6(10)9-5-3-4-7(9)8(11)12-2/h7-8,11H,3-5H2,1-2H3. The van der Waals surface area contributed by atoms with E-state index in [1.54, 1.807) is 4.90 Å². The Bertz CT molecular complexity index is 172. The molecule has 1 aliphatic heterocycles. The molecule has 1 aliphatic rings. The molecule has 2 unspecified atom stereocenters. The maximum Gasteiger partial charge on any atom is 0.219 e. The molecule has 1 amide bonds. The molecule has 0 aromatic heterocycles. The zero-order valence-electron chi connectivity index (χ0n) is 7.49. The Morgan fingerprint density at radius 1 is 1.75 bits per heavy atom. The minimum atomic E-state index is -0.837. The maximum absolute atomic E-state index is 11.0. The molecule has 12 heavy (non-hydrogen) atoms. The predicted molar refractivity (Wildman–Crippen MR) is 43.4 cm³/mol. The number of rotatable bonds is 2. The molecule has 1 rings (SSSR count). The van der Waals surface area contributed by atoms with Crippen LogP contribution in [-0.2, 0) is 9.53 Å². The molecule has 0 aromatic rings. The van der Waals surface area contributed by atoms with E-state index in [1.165, 1.54) is 14.0 Å². The summed E-state index contributed by atoms with van der Waals surface area (Å²) in [7, 11) is 1.45. The van der Waals surface area contributed by atoms with Gasteiger partial charge in [0.1, 0.15) is 0 Å². The third-order valence-corrected chi connectivity index (χ3v) is 2.27. The van der Waals surface area contributed by atoms with E-state index < -0.39 is 6.29 Å². The van der Waals surface area contributed by atoms with Crippen molar-refractivity contribution in [1.29, 1.82) is 0 Å². The summed E-state index contributed by atoms with van der Waals surface area (Å²) in [4.78, 5) is 12.7. The average molecular weight is 173 g/mol. The fraction of sp³-hybridized carbons (Fsp3) is 0.875. The first-order valence-electron chi connectivity index (χ1n) is 4.15. The Kier molecular flexibility index (Phi) is 3.05. The Morgan fingerprint density at radius 3 is 2.92 bits per heavy atom. The highest BCUT2D eigenvalue weighted by Crippen LogP contribution is 2.20. The van der Waals surface area contributed by atoms with Gasteiger partial charge in [0.25, 0.3) is 0 Å². The fourth-order valence-electron chi connectivity index (χ4n) is 1.64. The number of hydrogen-bond acceptors (Lipinski definition) is 3. The van der Waals surface area contributed by atoms with Crippen molar-refractivity contribution < 1.29 is 14.6 Å². The van der Waals surface area contributed by atoms with Crippen LogP contribution in [0, 0.1) is 0 Å². The van der Waals surface area contributed by atoms with Crippen molar-refractivity contribution in [1.82, 2.24) is 4.90 Å². The summed E-state index contributed by atoms with van der Waals surface area (Å²) >= 11 is 0. The number of ether oxygens (including phenoxy) is 1. The highest BCUT2D eigenvalue weighted by Gasteiger charge is 2.32. The van der Waals surface area contributed by atoms with Gasteiger partial charge in [0.2, 0.25) is 5.91 Å². The molecule has 0 aliphatic carbocycles. The first-order valence-corrected chi connectivity index (χ1v) is 4.15. The molecule has 4 heteroatoms. The minimum absolute atomic E-state index is 0.00796. The molecule has 0 bridgehead atoms. The molecule has 0 spiro atoms. The van der Waals surface area contributed by atoms with Crippen LogP contribution >= 0.6 is 0 Å². The highest BCUT2D eigenvalue weighted by molar-refractivity contribution is 5.73. The summed E-state index contributed by atoms with van der Waals surface area (Å²) in [5.41, 5.74) is 0. The largest absolute Gasteiger partial charge is 0.366 e. The third-order valence-electron chi connectivity index (χ3n) is 2.27. The minimum Gasteiger partial charge on any atom is -0.366 e. The van der Waals surface area contributed by atoms with E-state index in [1.807, 2.05) is 0 Å². The normalized spacial score (nSPS) is 25.9. The summed E-state index contributed by atoms with van der Waals surface area (Å²) in [5.74, 6) is 0.00796. The zero-order chi connectivity index (χ0) is 9.14. The molecular weight excluding hydrogens is 158 g/mol. The Labute approximate surface area is 72.1 Å². The topological polar surface area (TPSA) is 49.8 Å². The first kappa shape index (κ1) is 9.48. The maximum atomic E-state index is 11.0. The van der Waals surface area contributed by atoms with Crippen molar-refractivity contribution in [2.24, 2.45) is 0 Å². The number of likely N-dealkylation sites (tertiary alicyclic amines) is 1. The number of amides is 1. The summed E-state index contributed by atoms with van der Waals surface area (Å²) in [6.07, 6.45) is 0.940. The van der Waals surface area contributed by atoms with Crippen LogP contribution in [0.3, 0.4) is 0 Å². The van der Waals surface area contributed by atoms with Gasteiger partial charge in [0.15, 0.2) is 6.29 Å². The van der Waals surface area contributed by atoms with E-state index in [0.29, 0.717) is 0 Å². The van der Waals surface area contributed by atoms with Gasteiger partial charge in [-0.25, -0.2) is 0 Å². The van der Waals surface area contributed by atoms with Crippen LogP contribution in [-0.4, -0.2) is 41.9 Å². The summed E-state index contributed by atoms with van der Waals surface area (Å²) in [5, 5.41) is 9.36. The predicted octanol–water partition coefficient (Wildman–Crippen LogP) is -0.0379. The lowest BCUT2D eigenvalue weighted by atomic mass is 10.2. The molecule has 4 nitrogen and oxygen atoms in total. The van der Waals surface area contributed by atoms with Crippen LogP contribution in [0.25, 0.3) is 0 Å². The van der Waals surface area contributed by atoms with Gasteiger partial charge in [-0.15, -0.1) is 0 Å². The van der Waals surface area contributed by atoms with E-state index in [2.05, 4.69) is 0 Å². The number of aliphatic hydroxyl groups is 1. The highest BCUT2D eigenvalue weighted by atomic mass is 16.6. The molecular formula is C8H15NO3. The van der Waals surface area contributed by atoms with Crippen LogP contribution in [0.2, 0.25) is 0 Å². The molecule has 0 radical (unpaired) electrons. The van der Waals surface area contributed by atoms with Gasteiger partial charge in [-0.2, -0.15) is 0 Å². The summed E-state index contributed by atoms with van der Waals surface area (Å²) in [6.45, 7) is 2.25. The van der Waals surface area contributed by atoms with Gasteiger partial charge in [-0.3, -0.25) is 4.79 Å². The SMILES string of the molecule is COC(O)C1CCCN1C(C)=O. The van der Waals surface area contributed by atoms with Crippen molar-refractivity contribution in [2.75, 3.05) is 13.7 Å². The molecule has 0 saturated carbocycles. The van der Waals surface area contributed by atoms with Gasteiger partial charge >= 0.3 is 0 Å². The Hall–Kier alpha value is -0.610. The van der Waals surface area contributed by atoms with Gasteiger partial charge in [-0.05, 0) is 12.8 Å². The number of hydrogen-bond donors (Lipinski definition) is 1. The lowest BCUT2D eigenvalue weighted by molar-refractivity contribution is -0.146. The third kappa shape index (κ3) is 1.76. The average Bonchev–Trinajstić information content (AvgIpc) is 2.50. The van der Waals surface area contributed by atoms with Crippen LogP contribution in [0.15, 0.2) is 0 Å². The quantitative estimate of drug-likeness (QED) is 0.596. The summed E-state index contributed by atoms with van der Waals surface area (Å²) < 4.78 is 4.78. The van der Waals surface area contributed by atoms with Crippen molar-refractivity contribution >= 4 is 5.91 Å². The number of aliphatic hydroxyl groups excluding tert-OH is 1. The lowest BCUT2D eigenvalue weighted by Gasteiger charge is -2.26. The monoisotopic (exact) mass is 173 g/mol. The second-order valence-corrected chi connectivity index (χ2v) is 3.05. The smallest absolute Gasteiger partial charge is 0.219 e. The lowest BCUT2D eigenvalue weighted by Crippen LogP contribution is -2.42.